The van der Waals surface area contributed by atoms with E-state index in [4.69, 9.17) is 18.9 Å². The Hall–Kier alpha value is -4.20. The van der Waals surface area contributed by atoms with Crippen LogP contribution in [0.2, 0.25) is 0 Å². The van der Waals surface area contributed by atoms with Crippen LogP contribution in [0.25, 0.3) is 0 Å². The smallest absolute Gasteiger partial charge is 0.231 e. The summed E-state index contributed by atoms with van der Waals surface area (Å²) in [4.78, 5) is 28.6. The number of carbonyl (C=O) groups is 2. The topological polar surface area (TPSA) is 86.3 Å². The maximum Gasteiger partial charge on any atom is 0.231 e. The van der Waals surface area contributed by atoms with Crippen molar-refractivity contribution in [3.8, 4) is 23.0 Å². The first-order valence-corrected chi connectivity index (χ1v) is 11.4. The van der Waals surface area contributed by atoms with E-state index in [1.165, 1.54) is 0 Å². The van der Waals surface area contributed by atoms with Crippen LogP contribution in [0.5, 0.6) is 23.0 Å². The van der Waals surface area contributed by atoms with Gasteiger partial charge in [0.25, 0.3) is 0 Å². The molecule has 3 aromatic carbocycles. The van der Waals surface area contributed by atoms with Gasteiger partial charge in [-0.1, -0.05) is 18.2 Å². The molecule has 0 aliphatic carbocycles. The number of nitrogens with zero attached hydrogens (tertiary/aromatic N) is 1. The first kappa shape index (κ1) is 22.6. The van der Waals surface area contributed by atoms with Gasteiger partial charge in [-0.2, -0.15) is 0 Å². The Morgan fingerprint density at radius 2 is 1.74 bits per heavy atom. The molecule has 1 fully saturated rings. The number of benzene rings is 3. The van der Waals surface area contributed by atoms with E-state index in [0.29, 0.717) is 40.8 Å². The van der Waals surface area contributed by atoms with Crippen molar-refractivity contribution in [2.24, 2.45) is 5.92 Å². The number of ether oxygens (including phenoxy) is 4. The molecule has 8 nitrogen and oxygen atoms in total. The molecule has 3 aromatic rings. The first-order chi connectivity index (χ1) is 17.1. The molecule has 2 atom stereocenters. The van der Waals surface area contributed by atoms with Gasteiger partial charge in [-0.05, 0) is 48.9 Å². The van der Waals surface area contributed by atoms with Crippen LogP contribution in [0.1, 0.15) is 24.4 Å². The van der Waals surface area contributed by atoms with E-state index in [9.17, 15) is 9.59 Å². The van der Waals surface area contributed by atoms with Crippen LogP contribution in [0.15, 0.2) is 66.7 Å². The van der Waals surface area contributed by atoms with E-state index in [1.54, 1.807) is 49.5 Å². The molecule has 2 heterocycles. The second kappa shape index (κ2) is 9.58. The Morgan fingerprint density at radius 1 is 0.971 bits per heavy atom. The summed E-state index contributed by atoms with van der Waals surface area (Å²) < 4.78 is 21.7. The van der Waals surface area contributed by atoms with Crippen LogP contribution >= 0.6 is 0 Å². The number of rotatable bonds is 6. The fourth-order valence-corrected chi connectivity index (χ4v) is 4.69. The monoisotopic (exact) mass is 474 g/mol. The van der Waals surface area contributed by atoms with Gasteiger partial charge in [0.15, 0.2) is 11.5 Å². The number of carbonyl (C=O) groups excluding carboxylic acids is 2. The van der Waals surface area contributed by atoms with E-state index < -0.39 is 12.0 Å². The van der Waals surface area contributed by atoms with Gasteiger partial charge >= 0.3 is 0 Å². The van der Waals surface area contributed by atoms with Gasteiger partial charge in [0.1, 0.15) is 11.5 Å². The minimum atomic E-state index is -0.560. The van der Waals surface area contributed by atoms with Crippen molar-refractivity contribution in [3.63, 3.8) is 0 Å². The lowest BCUT2D eigenvalue weighted by Crippen LogP contribution is -2.47. The van der Waals surface area contributed by atoms with Gasteiger partial charge in [-0.15, -0.1) is 0 Å². The standard InChI is InChI=1S/C27H26N2O6/c1-32-19-10-8-18(9-11-19)29-25(30)14-12-21(26(29)20-5-3-4-6-22(20)33-2)27(31)28-17-7-13-23-24(15-17)35-16-34-23/h3-11,13,15,21,26H,12,14,16H2,1-2H3,(H,28,31). The zero-order chi connectivity index (χ0) is 24.4. The fourth-order valence-electron chi connectivity index (χ4n) is 4.69. The minimum absolute atomic E-state index is 0.0572. The number of piperidine rings is 1. The number of amides is 2. The highest BCUT2D eigenvalue weighted by Crippen LogP contribution is 2.44. The van der Waals surface area contributed by atoms with E-state index in [1.807, 2.05) is 36.4 Å². The lowest BCUT2D eigenvalue weighted by Gasteiger charge is -2.41. The Bertz CT molecular complexity index is 1240. The van der Waals surface area contributed by atoms with Gasteiger partial charge < -0.3 is 29.2 Å². The normalized spacial score (nSPS) is 18.8. The van der Waals surface area contributed by atoms with Crippen LogP contribution in [0.4, 0.5) is 11.4 Å². The SMILES string of the molecule is COc1ccc(N2C(=O)CCC(C(=O)Nc3ccc4c(c3)OCO4)C2c2ccccc2OC)cc1. The fraction of sp³-hybridized carbons (Fsp3) is 0.259. The highest BCUT2D eigenvalue weighted by Gasteiger charge is 2.42. The maximum atomic E-state index is 13.7. The molecule has 0 radical (unpaired) electrons. The third-order valence-electron chi connectivity index (χ3n) is 6.38. The molecule has 1 N–H and O–H groups in total. The molecule has 5 rings (SSSR count). The van der Waals surface area contributed by atoms with E-state index in [0.717, 1.165) is 5.56 Å². The summed E-state index contributed by atoms with van der Waals surface area (Å²) in [6.45, 7) is 0.157. The number of fused-ring (bicyclic) bond motifs is 1. The number of para-hydroxylation sites is 1. The minimum Gasteiger partial charge on any atom is -0.497 e. The molecule has 35 heavy (non-hydrogen) atoms. The summed E-state index contributed by atoms with van der Waals surface area (Å²) in [5, 5.41) is 3.01. The molecule has 2 aliphatic heterocycles. The van der Waals surface area contributed by atoms with Crippen molar-refractivity contribution in [1.82, 2.24) is 0 Å². The van der Waals surface area contributed by atoms with Gasteiger partial charge in [0.05, 0.1) is 26.2 Å². The lowest BCUT2D eigenvalue weighted by atomic mass is 9.82. The van der Waals surface area contributed by atoms with Crippen molar-refractivity contribution in [2.75, 3.05) is 31.2 Å². The predicted octanol–water partition coefficient (Wildman–Crippen LogP) is 4.56. The van der Waals surface area contributed by atoms with Gasteiger partial charge in [0, 0.05) is 29.4 Å². The van der Waals surface area contributed by atoms with Crippen LogP contribution in [-0.4, -0.2) is 32.8 Å². The molecule has 0 bridgehead atoms. The quantitative estimate of drug-likeness (QED) is 0.564. The number of hydrogen-bond acceptors (Lipinski definition) is 6. The zero-order valence-electron chi connectivity index (χ0n) is 19.5. The summed E-state index contributed by atoms with van der Waals surface area (Å²) in [5.41, 5.74) is 2.06. The zero-order valence-corrected chi connectivity index (χ0v) is 19.5. The van der Waals surface area contributed by atoms with E-state index >= 15 is 0 Å². The largest absolute Gasteiger partial charge is 0.497 e. The number of anilines is 2. The summed E-state index contributed by atoms with van der Waals surface area (Å²) in [7, 11) is 3.18. The molecular weight excluding hydrogens is 448 g/mol. The Labute approximate surface area is 203 Å². The summed E-state index contributed by atoms with van der Waals surface area (Å²) in [5.74, 6) is 1.77. The maximum absolute atomic E-state index is 13.7. The average molecular weight is 475 g/mol. The molecule has 1 saturated heterocycles. The van der Waals surface area contributed by atoms with E-state index in [2.05, 4.69) is 5.32 Å². The summed E-state index contributed by atoms with van der Waals surface area (Å²) in [6.07, 6.45) is 0.654. The van der Waals surface area contributed by atoms with Gasteiger partial charge in [-0.25, -0.2) is 0 Å². The molecule has 0 saturated carbocycles. The molecule has 2 amide bonds. The van der Waals surface area contributed by atoms with E-state index in [-0.39, 0.29) is 25.0 Å². The highest BCUT2D eigenvalue weighted by molar-refractivity contribution is 6.00. The third kappa shape index (κ3) is 4.35. The Kier molecular flexibility index (Phi) is 6.18. The van der Waals surface area contributed by atoms with Crippen molar-refractivity contribution >= 4 is 23.2 Å². The average Bonchev–Trinajstić information content (AvgIpc) is 3.36. The van der Waals surface area contributed by atoms with Crippen molar-refractivity contribution in [1.29, 1.82) is 0 Å². The second-order valence-corrected chi connectivity index (χ2v) is 8.35. The summed E-state index contributed by atoms with van der Waals surface area (Å²) >= 11 is 0. The highest BCUT2D eigenvalue weighted by atomic mass is 16.7. The van der Waals surface area contributed by atoms with Crippen LogP contribution in [0.3, 0.4) is 0 Å². The molecule has 0 aromatic heterocycles. The molecule has 180 valence electrons. The molecular formula is C27H26N2O6. The van der Waals surface area contributed by atoms with Crippen molar-refractivity contribution in [2.45, 2.75) is 18.9 Å². The molecule has 2 aliphatic rings. The van der Waals surface area contributed by atoms with Crippen LogP contribution in [-0.2, 0) is 9.59 Å². The number of nitrogens with one attached hydrogen (secondary N) is 1. The summed E-state index contributed by atoms with van der Waals surface area (Å²) in [6, 6.07) is 19.5. The predicted molar refractivity (Wildman–Crippen MR) is 130 cm³/mol. The van der Waals surface area contributed by atoms with Crippen LogP contribution < -0.4 is 29.2 Å². The number of methoxy groups -OCH3 is 2. The third-order valence-corrected chi connectivity index (χ3v) is 6.38. The molecule has 8 heteroatoms. The Morgan fingerprint density at radius 3 is 2.51 bits per heavy atom. The second-order valence-electron chi connectivity index (χ2n) is 8.35. The lowest BCUT2D eigenvalue weighted by molar-refractivity contribution is -0.125. The molecule has 0 spiro atoms. The molecule has 2 unspecified atom stereocenters. The number of hydrogen-bond donors (Lipinski definition) is 1. The van der Waals surface area contributed by atoms with Gasteiger partial charge in [-0.3, -0.25) is 9.59 Å². The van der Waals surface area contributed by atoms with Crippen molar-refractivity contribution in [3.05, 3.63) is 72.3 Å². The Balaban J connectivity index is 1.53. The van der Waals surface area contributed by atoms with Gasteiger partial charge in [0.2, 0.25) is 18.6 Å². The van der Waals surface area contributed by atoms with Crippen LogP contribution in [0, 0.1) is 5.92 Å². The van der Waals surface area contributed by atoms with Crippen molar-refractivity contribution < 1.29 is 28.5 Å². The first-order valence-electron chi connectivity index (χ1n) is 11.4.